The molecule has 76 valence electrons. The zero-order valence-electron chi connectivity index (χ0n) is 7.15. The molecule has 0 atom stereocenters. The van der Waals surface area contributed by atoms with Gasteiger partial charge in [-0.25, -0.2) is 13.2 Å². The third-order valence-electron chi connectivity index (χ3n) is 1.67. The van der Waals surface area contributed by atoms with Gasteiger partial charge in [-0.2, -0.15) is 0 Å². The lowest BCUT2D eigenvalue weighted by atomic mass is 10.1. The van der Waals surface area contributed by atoms with Crippen molar-refractivity contribution in [3.63, 3.8) is 0 Å². The van der Waals surface area contributed by atoms with Gasteiger partial charge in [0, 0.05) is 5.56 Å². The molecule has 0 fully saturated rings. The number of hydrogen-bond donors (Lipinski definition) is 0. The van der Waals surface area contributed by atoms with Crippen LogP contribution in [0.5, 0.6) is 0 Å². The van der Waals surface area contributed by atoms with Gasteiger partial charge in [-0.15, -0.1) is 0 Å². The molecule has 14 heavy (non-hydrogen) atoms. The van der Waals surface area contributed by atoms with E-state index in [1.807, 2.05) is 0 Å². The zero-order chi connectivity index (χ0) is 10.9. The number of hydrogen-bond acceptors (Lipinski definition) is 1. The van der Waals surface area contributed by atoms with Gasteiger partial charge >= 0.3 is 0 Å². The van der Waals surface area contributed by atoms with Crippen LogP contribution in [0.15, 0.2) is 12.1 Å². The van der Waals surface area contributed by atoms with E-state index in [2.05, 4.69) is 0 Å². The van der Waals surface area contributed by atoms with Crippen LogP contribution in [0.4, 0.5) is 13.2 Å². The van der Waals surface area contributed by atoms with Crippen LogP contribution in [-0.4, -0.2) is 5.78 Å². The fourth-order valence-corrected chi connectivity index (χ4v) is 1.40. The van der Waals surface area contributed by atoms with Gasteiger partial charge in [-0.3, -0.25) is 4.79 Å². The van der Waals surface area contributed by atoms with Gasteiger partial charge in [0.1, 0.15) is 5.82 Å². The molecular weight excluding hydrogens is 217 g/mol. The number of ketones is 1. The van der Waals surface area contributed by atoms with Crippen LogP contribution >= 0.6 is 11.6 Å². The van der Waals surface area contributed by atoms with Crippen molar-refractivity contribution in [3.8, 4) is 0 Å². The molecule has 0 aliphatic heterocycles. The van der Waals surface area contributed by atoms with Crippen molar-refractivity contribution in [2.45, 2.75) is 13.3 Å². The summed E-state index contributed by atoms with van der Waals surface area (Å²) in [7, 11) is 0. The van der Waals surface area contributed by atoms with E-state index in [1.54, 1.807) is 0 Å². The van der Waals surface area contributed by atoms with Gasteiger partial charge in [-0.05, 0) is 19.1 Å². The third-order valence-corrected chi connectivity index (χ3v) is 1.97. The molecule has 1 nitrogen and oxygen atoms in total. The number of carbonyl (C=O) groups excluding carboxylic acids is 1. The molecule has 0 N–H and O–H groups in total. The topological polar surface area (TPSA) is 17.1 Å². The van der Waals surface area contributed by atoms with Gasteiger partial charge in [0.05, 0.1) is 10.6 Å². The minimum atomic E-state index is -2.80. The Morgan fingerprint density at radius 1 is 1.43 bits per heavy atom. The van der Waals surface area contributed by atoms with E-state index in [0.717, 1.165) is 13.0 Å². The summed E-state index contributed by atoms with van der Waals surface area (Å²) < 4.78 is 37.4. The minimum absolute atomic E-state index is 0.284. The third kappa shape index (κ3) is 2.07. The highest BCUT2D eigenvalue weighted by atomic mass is 35.5. The summed E-state index contributed by atoms with van der Waals surface area (Å²) >= 11 is 5.48. The van der Waals surface area contributed by atoms with Gasteiger partial charge in [0.25, 0.3) is 6.43 Å². The maximum atomic E-state index is 13.1. The largest absolute Gasteiger partial charge is 0.294 e. The Labute approximate surface area is 83.5 Å². The van der Waals surface area contributed by atoms with E-state index in [4.69, 9.17) is 11.6 Å². The first kappa shape index (κ1) is 11.0. The summed E-state index contributed by atoms with van der Waals surface area (Å²) in [6.45, 7) is 1.12. The SMILES string of the molecule is CC(=O)c1c(F)cc(C(F)F)cc1Cl. The molecule has 0 bridgehead atoms. The fraction of sp³-hybridized carbons (Fsp3) is 0.222. The smallest absolute Gasteiger partial charge is 0.264 e. The molecule has 0 aliphatic rings. The molecule has 1 rings (SSSR count). The van der Waals surface area contributed by atoms with Crippen molar-refractivity contribution < 1.29 is 18.0 Å². The Bertz CT molecular complexity index is 353. The lowest BCUT2D eigenvalue weighted by molar-refractivity contribution is 0.101. The summed E-state index contributed by atoms with van der Waals surface area (Å²) in [5.74, 6) is -1.60. The van der Waals surface area contributed by atoms with Crippen LogP contribution in [0.25, 0.3) is 0 Å². The van der Waals surface area contributed by atoms with Crippen molar-refractivity contribution in [2.75, 3.05) is 0 Å². The lowest BCUT2D eigenvalue weighted by Crippen LogP contribution is -2.00. The Hall–Kier alpha value is -1.03. The molecule has 0 unspecified atom stereocenters. The number of alkyl halides is 2. The summed E-state index contributed by atoms with van der Waals surface area (Å²) in [6.07, 6.45) is -2.80. The second-order valence-corrected chi connectivity index (χ2v) is 3.12. The first-order valence-corrected chi connectivity index (χ1v) is 4.09. The fourth-order valence-electron chi connectivity index (χ4n) is 1.06. The van der Waals surface area contributed by atoms with Crippen LogP contribution in [0.3, 0.4) is 0 Å². The maximum Gasteiger partial charge on any atom is 0.264 e. The molecule has 0 spiro atoms. The number of benzene rings is 1. The number of rotatable bonds is 2. The van der Waals surface area contributed by atoms with E-state index >= 15 is 0 Å². The van der Waals surface area contributed by atoms with Crippen LogP contribution in [-0.2, 0) is 0 Å². The zero-order valence-corrected chi connectivity index (χ0v) is 7.91. The highest BCUT2D eigenvalue weighted by Crippen LogP contribution is 2.27. The average molecular weight is 223 g/mol. The van der Waals surface area contributed by atoms with Crippen LogP contribution in [0.2, 0.25) is 5.02 Å². The molecular formula is C9H6ClF3O. The number of halogens is 4. The summed E-state index contributed by atoms with van der Waals surface area (Å²) in [4.78, 5) is 10.9. The molecule has 0 heterocycles. The van der Waals surface area contributed by atoms with Gasteiger partial charge in [0.15, 0.2) is 5.78 Å². The molecule has 5 heteroatoms. The van der Waals surface area contributed by atoms with Gasteiger partial charge in [-0.1, -0.05) is 11.6 Å². The van der Waals surface area contributed by atoms with Crippen molar-refractivity contribution in [3.05, 3.63) is 34.1 Å². The molecule has 0 saturated heterocycles. The first-order valence-electron chi connectivity index (χ1n) is 3.71. The number of Topliss-reactive ketones (excluding diaryl/α,β-unsaturated/α-hetero) is 1. The van der Waals surface area contributed by atoms with Gasteiger partial charge < -0.3 is 0 Å². The van der Waals surface area contributed by atoms with Crippen LogP contribution in [0, 0.1) is 5.82 Å². The maximum absolute atomic E-state index is 13.1. The second kappa shape index (κ2) is 4.00. The Morgan fingerprint density at radius 3 is 2.36 bits per heavy atom. The Kier molecular flexibility index (Phi) is 3.16. The molecule has 1 aromatic carbocycles. The predicted molar refractivity (Wildman–Crippen MR) is 46.4 cm³/mol. The van der Waals surface area contributed by atoms with Crippen molar-refractivity contribution in [1.29, 1.82) is 0 Å². The van der Waals surface area contributed by atoms with E-state index in [1.165, 1.54) is 0 Å². The lowest BCUT2D eigenvalue weighted by Gasteiger charge is -2.05. The van der Waals surface area contributed by atoms with Crippen LogP contribution in [0.1, 0.15) is 29.3 Å². The average Bonchev–Trinajstić information content (AvgIpc) is 2.01. The monoisotopic (exact) mass is 222 g/mol. The van der Waals surface area contributed by atoms with E-state index < -0.39 is 23.6 Å². The molecule has 0 saturated carbocycles. The second-order valence-electron chi connectivity index (χ2n) is 2.72. The standard InChI is InChI=1S/C9H6ClF3O/c1-4(14)8-6(10)2-5(9(12)13)3-7(8)11/h2-3,9H,1H3. The Balaban J connectivity index is 3.32. The normalized spacial score (nSPS) is 10.7. The van der Waals surface area contributed by atoms with Crippen molar-refractivity contribution >= 4 is 17.4 Å². The quantitative estimate of drug-likeness (QED) is 0.699. The predicted octanol–water partition coefficient (Wildman–Crippen LogP) is 3.62. The molecule has 1 aromatic rings. The molecule has 0 radical (unpaired) electrons. The Morgan fingerprint density at radius 2 is 2.00 bits per heavy atom. The van der Waals surface area contributed by atoms with Crippen LogP contribution < -0.4 is 0 Å². The summed E-state index contributed by atoms with van der Waals surface area (Å²) in [5.41, 5.74) is -0.881. The highest BCUT2D eigenvalue weighted by molar-refractivity contribution is 6.34. The first-order chi connectivity index (χ1) is 6.43. The summed E-state index contributed by atoms with van der Waals surface area (Å²) in [6, 6.07) is 1.51. The van der Waals surface area contributed by atoms with Crippen molar-refractivity contribution in [1.82, 2.24) is 0 Å². The minimum Gasteiger partial charge on any atom is -0.294 e. The van der Waals surface area contributed by atoms with Crippen molar-refractivity contribution in [2.24, 2.45) is 0 Å². The van der Waals surface area contributed by atoms with E-state index in [-0.39, 0.29) is 10.6 Å². The van der Waals surface area contributed by atoms with Gasteiger partial charge in [0.2, 0.25) is 0 Å². The summed E-state index contributed by atoms with van der Waals surface area (Å²) in [5, 5.41) is -0.284. The molecule has 0 aromatic heterocycles. The van der Waals surface area contributed by atoms with E-state index in [9.17, 15) is 18.0 Å². The number of carbonyl (C=O) groups is 1. The van der Waals surface area contributed by atoms with E-state index in [0.29, 0.717) is 6.07 Å². The highest BCUT2D eigenvalue weighted by Gasteiger charge is 2.17. The molecule has 0 amide bonds. The molecule has 0 aliphatic carbocycles.